The second kappa shape index (κ2) is 11.6. The predicted octanol–water partition coefficient (Wildman–Crippen LogP) is 2.71. The number of ether oxygens (including phenoxy) is 1. The van der Waals surface area contributed by atoms with Gasteiger partial charge in [-0.1, -0.05) is 18.2 Å². The van der Waals surface area contributed by atoms with E-state index in [1.807, 2.05) is 31.1 Å². The lowest BCUT2D eigenvalue weighted by Crippen LogP contribution is -2.45. The zero-order valence-corrected chi connectivity index (χ0v) is 21.8. The smallest absolute Gasteiger partial charge is 0.273 e. The van der Waals surface area contributed by atoms with Crippen molar-refractivity contribution in [1.82, 2.24) is 9.69 Å². The van der Waals surface area contributed by atoms with Crippen molar-refractivity contribution in [3.8, 4) is 0 Å². The van der Waals surface area contributed by atoms with Gasteiger partial charge in [0, 0.05) is 38.6 Å². The van der Waals surface area contributed by atoms with Gasteiger partial charge in [-0.15, -0.1) is 0 Å². The van der Waals surface area contributed by atoms with Crippen LogP contribution in [0.25, 0.3) is 0 Å². The highest BCUT2D eigenvalue weighted by Gasteiger charge is 2.36. The van der Waals surface area contributed by atoms with E-state index in [9.17, 15) is 18.8 Å². The maximum atomic E-state index is 14.4. The maximum Gasteiger partial charge on any atom is 0.273 e. The van der Waals surface area contributed by atoms with Gasteiger partial charge < -0.3 is 26.4 Å². The highest BCUT2D eigenvalue weighted by Crippen LogP contribution is 2.34. The number of carbonyl (C=O) groups is 3. The van der Waals surface area contributed by atoms with Crippen LogP contribution in [0.5, 0.6) is 0 Å². The van der Waals surface area contributed by atoms with Crippen molar-refractivity contribution in [2.75, 3.05) is 42.8 Å². The molecule has 10 nitrogen and oxygen atoms in total. The Morgan fingerprint density at radius 3 is 2.50 bits per heavy atom. The van der Waals surface area contributed by atoms with Gasteiger partial charge in [-0.05, 0) is 60.3 Å². The lowest BCUT2D eigenvalue weighted by atomic mass is 10.0. The number of carbonyl (C=O) groups excluding carboxylic acids is 3. The topological polar surface area (TPSA) is 144 Å². The van der Waals surface area contributed by atoms with Crippen molar-refractivity contribution in [3.05, 3.63) is 70.5 Å². The van der Waals surface area contributed by atoms with E-state index in [1.165, 1.54) is 18.2 Å². The second-order valence-electron chi connectivity index (χ2n) is 9.06. The summed E-state index contributed by atoms with van der Waals surface area (Å²) in [6, 6.07) is 11.2. The minimum atomic E-state index is -1.21. The van der Waals surface area contributed by atoms with Crippen LogP contribution in [-0.2, 0) is 9.53 Å². The third-order valence-corrected chi connectivity index (χ3v) is 7.07. The first-order valence-electron chi connectivity index (χ1n) is 12.0. The summed E-state index contributed by atoms with van der Waals surface area (Å²) in [5.74, 6) is -2.71. The summed E-state index contributed by atoms with van der Waals surface area (Å²) in [7, 11) is 3.76. The summed E-state index contributed by atoms with van der Waals surface area (Å²) in [5.41, 5.74) is 12.5. The Bertz CT molecular complexity index is 1320. The number of nitrogens with two attached hydrogens (primary N) is 2. The molecule has 1 aromatic heterocycles. The molecule has 0 aliphatic carbocycles. The lowest BCUT2D eigenvalue weighted by molar-refractivity contribution is -0.123. The van der Waals surface area contributed by atoms with Crippen molar-refractivity contribution in [3.63, 3.8) is 0 Å². The number of aromatic nitrogens is 1. The average Bonchev–Trinajstić information content (AvgIpc) is 3.55. The number of amides is 3. The molecule has 1 aliphatic heterocycles. The van der Waals surface area contributed by atoms with E-state index in [0.717, 1.165) is 29.5 Å². The number of benzene rings is 2. The zero-order chi connectivity index (χ0) is 27.4. The molecule has 2 aromatic carbocycles. The number of anilines is 3. The number of nitrogen functional groups attached to an aromatic ring is 1. The van der Waals surface area contributed by atoms with Gasteiger partial charge >= 0.3 is 0 Å². The average molecular weight is 541 g/mol. The number of nitrogens with zero attached hydrogens (tertiary/aromatic N) is 3. The van der Waals surface area contributed by atoms with Gasteiger partial charge in [0.15, 0.2) is 5.69 Å². The van der Waals surface area contributed by atoms with Crippen LogP contribution >= 0.6 is 11.5 Å². The number of primary amides is 1. The third kappa shape index (κ3) is 5.76. The van der Waals surface area contributed by atoms with Gasteiger partial charge in [-0.25, -0.2) is 4.39 Å². The molecule has 200 valence electrons. The van der Waals surface area contributed by atoms with E-state index in [4.69, 9.17) is 16.2 Å². The fourth-order valence-electron chi connectivity index (χ4n) is 4.24. The molecule has 12 heteroatoms. The first kappa shape index (κ1) is 27.0. The quantitative estimate of drug-likeness (QED) is 0.379. The minimum absolute atomic E-state index is 0.0927. The van der Waals surface area contributed by atoms with E-state index < -0.39 is 29.6 Å². The number of rotatable bonds is 9. The van der Waals surface area contributed by atoms with Gasteiger partial charge in [0.1, 0.15) is 16.7 Å². The zero-order valence-electron chi connectivity index (χ0n) is 21.0. The van der Waals surface area contributed by atoms with Crippen LogP contribution in [0.2, 0.25) is 0 Å². The highest BCUT2D eigenvalue weighted by atomic mass is 32.1. The maximum absolute atomic E-state index is 14.4. The molecule has 2 heterocycles. The Balaban J connectivity index is 1.82. The standard InChI is InChI=1S/C26H29FN6O4S/c1-32(2)17-10-8-15(9-11-17)22(25(35)30-14-19-7-4-12-37-19)33(18-6-3-5-16(27)13-18)26(36)23-20(28)21(24(29)34)31-38-23/h3,5-6,8-11,13,19,22H,4,7,12,14,28H2,1-2H3,(H2,29,34)(H,30,35). The van der Waals surface area contributed by atoms with Gasteiger partial charge in [0.05, 0.1) is 11.8 Å². The molecular weight excluding hydrogens is 511 g/mol. The van der Waals surface area contributed by atoms with Crippen molar-refractivity contribution >= 4 is 46.3 Å². The number of hydrogen-bond donors (Lipinski definition) is 3. The Labute approximate surface area is 223 Å². The van der Waals surface area contributed by atoms with E-state index in [2.05, 4.69) is 9.69 Å². The molecule has 2 unspecified atom stereocenters. The molecule has 1 aliphatic rings. The lowest BCUT2D eigenvalue weighted by Gasteiger charge is -2.32. The molecule has 1 saturated heterocycles. The molecule has 1 fully saturated rings. The fraction of sp³-hybridized carbons (Fsp3) is 0.308. The molecule has 4 rings (SSSR count). The molecule has 0 bridgehead atoms. The van der Waals surface area contributed by atoms with Gasteiger partial charge in [0.2, 0.25) is 5.91 Å². The Morgan fingerprint density at radius 1 is 1.18 bits per heavy atom. The fourth-order valence-corrected chi connectivity index (χ4v) is 4.98. The second-order valence-corrected chi connectivity index (χ2v) is 9.84. The minimum Gasteiger partial charge on any atom is -0.395 e. The van der Waals surface area contributed by atoms with Gasteiger partial charge in [0.25, 0.3) is 11.8 Å². The Morgan fingerprint density at radius 2 is 1.92 bits per heavy atom. The van der Waals surface area contributed by atoms with Crippen molar-refractivity contribution < 1.29 is 23.5 Å². The summed E-state index contributed by atoms with van der Waals surface area (Å²) in [5, 5.41) is 2.89. The van der Waals surface area contributed by atoms with E-state index in [1.54, 1.807) is 12.1 Å². The Hall–Kier alpha value is -4.03. The third-order valence-electron chi connectivity index (χ3n) is 6.22. The van der Waals surface area contributed by atoms with E-state index in [0.29, 0.717) is 23.7 Å². The van der Waals surface area contributed by atoms with E-state index >= 15 is 0 Å². The molecule has 0 saturated carbocycles. The molecule has 0 radical (unpaired) electrons. The van der Waals surface area contributed by atoms with Crippen LogP contribution in [0.3, 0.4) is 0 Å². The number of nitrogens with one attached hydrogen (secondary N) is 1. The van der Waals surface area contributed by atoms with Crippen LogP contribution in [0.15, 0.2) is 48.5 Å². The summed E-state index contributed by atoms with van der Waals surface area (Å²) in [6.45, 7) is 0.877. The molecule has 3 aromatic rings. The normalized spacial score (nSPS) is 15.6. The van der Waals surface area contributed by atoms with Crippen LogP contribution in [0.4, 0.5) is 21.5 Å². The summed E-state index contributed by atoms with van der Waals surface area (Å²) >= 11 is 0.685. The molecular formula is C26H29FN6O4S. The van der Waals surface area contributed by atoms with Crippen molar-refractivity contribution in [2.24, 2.45) is 5.73 Å². The van der Waals surface area contributed by atoms with Crippen molar-refractivity contribution in [2.45, 2.75) is 25.0 Å². The van der Waals surface area contributed by atoms with Crippen LogP contribution < -0.4 is 26.6 Å². The van der Waals surface area contributed by atoms with E-state index in [-0.39, 0.29) is 34.6 Å². The predicted molar refractivity (Wildman–Crippen MR) is 144 cm³/mol. The van der Waals surface area contributed by atoms with Gasteiger partial charge in [-0.2, -0.15) is 4.37 Å². The summed E-state index contributed by atoms with van der Waals surface area (Å²) in [6.07, 6.45) is 1.57. The molecule has 2 atom stereocenters. The highest BCUT2D eigenvalue weighted by molar-refractivity contribution is 7.09. The first-order valence-corrected chi connectivity index (χ1v) is 12.8. The van der Waals surface area contributed by atoms with Crippen LogP contribution in [0.1, 0.15) is 44.6 Å². The summed E-state index contributed by atoms with van der Waals surface area (Å²) in [4.78, 5) is 42.5. The molecule has 0 spiro atoms. The SMILES string of the molecule is CN(C)c1ccc(C(C(=O)NCC2CCCO2)N(C(=O)c2snc(C(N)=O)c2N)c2cccc(F)c2)cc1. The molecule has 38 heavy (non-hydrogen) atoms. The van der Waals surface area contributed by atoms with Crippen LogP contribution in [0, 0.1) is 5.82 Å². The summed E-state index contributed by atoms with van der Waals surface area (Å²) < 4.78 is 23.9. The number of hydrogen-bond acceptors (Lipinski definition) is 8. The molecule has 5 N–H and O–H groups in total. The van der Waals surface area contributed by atoms with Crippen molar-refractivity contribution in [1.29, 1.82) is 0 Å². The number of halogens is 1. The Kier molecular flexibility index (Phi) is 8.23. The molecule has 3 amide bonds. The largest absolute Gasteiger partial charge is 0.395 e. The monoisotopic (exact) mass is 540 g/mol. The van der Waals surface area contributed by atoms with Gasteiger partial charge in [-0.3, -0.25) is 19.3 Å². The first-order chi connectivity index (χ1) is 18.2. The van der Waals surface area contributed by atoms with Crippen LogP contribution in [-0.4, -0.2) is 55.4 Å².